The maximum Gasteiger partial charge on any atom is 0.292 e. The molecular weight excluding hydrogens is 272 g/mol. The molecule has 2 aromatic rings. The average molecular weight is 288 g/mol. The Balaban J connectivity index is 1.99. The standard InChI is InChI=1S/C15H16N2O4/c16-14-9-12(3-6-15(14)17(19)20)10-21-13-4-1-11(2-5-13)7-8-18/h1-6,9,18H,7-8,10,16H2. The highest BCUT2D eigenvalue weighted by atomic mass is 16.6. The zero-order valence-corrected chi connectivity index (χ0v) is 11.4. The van der Waals surface area contributed by atoms with Gasteiger partial charge in [-0.05, 0) is 41.8 Å². The summed E-state index contributed by atoms with van der Waals surface area (Å²) in [6.07, 6.45) is 0.610. The molecule has 2 rings (SSSR count). The van der Waals surface area contributed by atoms with Crippen LogP contribution in [0.4, 0.5) is 11.4 Å². The molecule has 0 unspecified atom stereocenters. The highest BCUT2D eigenvalue weighted by molar-refractivity contribution is 5.59. The van der Waals surface area contributed by atoms with Crippen molar-refractivity contribution in [1.29, 1.82) is 0 Å². The number of ether oxygens (including phenoxy) is 1. The summed E-state index contributed by atoms with van der Waals surface area (Å²) >= 11 is 0. The number of nitrogen functional groups attached to an aromatic ring is 1. The Morgan fingerprint density at radius 1 is 1.14 bits per heavy atom. The van der Waals surface area contributed by atoms with Crippen LogP contribution < -0.4 is 10.5 Å². The second-order valence-electron chi connectivity index (χ2n) is 4.56. The van der Waals surface area contributed by atoms with Gasteiger partial charge in [-0.1, -0.05) is 12.1 Å². The lowest BCUT2D eigenvalue weighted by atomic mass is 10.1. The van der Waals surface area contributed by atoms with Crippen LogP contribution in [0, 0.1) is 10.1 Å². The third-order valence-electron chi connectivity index (χ3n) is 3.02. The van der Waals surface area contributed by atoms with Crippen molar-refractivity contribution in [2.24, 2.45) is 0 Å². The summed E-state index contributed by atoms with van der Waals surface area (Å²) in [6.45, 7) is 0.393. The summed E-state index contributed by atoms with van der Waals surface area (Å²) in [7, 11) is 0. The van der Waals surface area contributed by atoms with Crippen LogP contribution in [0.3, 0.4) is 0 Å². The first kappa shape index (κ1) is 14.8. The van der Waals surface area contributed by atoms with Crippen LogP contribution in [0.2, 0.25) is 0 Å². The summed E-state index contributed by atoms with van der Waals surface area (Å²) in [6, 6.07) is 11.9. The van der Waals surface area contributed by atoms with E-state index in [0.29, 0.717) is 12.2 Å². The van der Waals surface area contributed by atoms with Gasteiger partial charge >= 0.3 is 0 Å². The molecule has 0 atom stereocenters. The molecule has 0 fully saturated rings. The van der Waals surface area contributed by atoms with E-state index in [0.717, 1.165) is 11.1 Å². The molecule has 0 aliphatic carbocycles. The van der Waals surface area contributed by atoms with Crippen LogP contribution in [0.5, 0.6) is 5.75 Å². The van der Waals surface area contributed by atoms with E-state index in [-0.39, 0.29) is 24.6 Å². The third-order valence-corrected chi connectivity index (χ3v) is 3.02. The van der Waals surface area contributed by atoms with Crippen molar-refractivity contribution in [2.45, 2.75) is 13.0 Å². The number of hydrogen-bond donors (Lipinski definition) is 2. The summed E-state index contributed by atoms with van der Waals surface area (Å²) in [5.74, 6) is 0.689. The van der Waals surface area contributed by atoms with E-state index in [1.165, 1.54) is 12.1 Å². The molecule has 0 spiro atoms. The Hall–Kier alpha value is -2.60. The van der Waals surface area contributed by atoms with E-state index in [1.54, 1.807) is 6.07 Å². The van der Waals surface area contributed by atoms with Crippen LogP contribution in [0.1, 0.15) is 11.1 Å². The van der Waals surface area contributed by atoms with Gasteiger partial charge in [0.1, 0.15) is 18.0 Å². The molecule has 2 aromatic carbocycles. The van der Waals surface area contributed by atoms with Crippen LogP contribution in [-0.2, 0) is 13.0 Å². The van der Waals surface area contributed by atoms with Crippen molar-refractivity contribution in [2.75, 3.05) is 12.3 Å². The van der Waals surface area contributed by atoms with Gasteiger partial charge in [0.25, 0.3) is 5.69 Å². The summed E-state index contributed by atoms with van der Waals surface area (Å²) in [5.41, 5.74) is 7.44. The molecule has 3 N–H and O–H groups in total. The molecular formula is C15H16N2O4. The van der Waals surface area contributed by atoms with Crippen LogP contribution in [-0.4, -0.2) is 16.6 Å². The Morgan fingerprint density at radius 2 is 1.81 bits per heavy atom. The molecule has 0 aliphatic heterocycles. The first-order valence-electron chi connectivity index (χ1n) is 6.45. The minimum atomic E-state index is -0.514. The number of aliphatic hydroxyl groups is 1. The lowest BCUT2D eigenvalue weighted by Crippen LogP contribution is -2.00. The predicted octanol–water partition coefficient (Wildman–Crippen LogP) is 2.29. The van der Waals surface area contributed by atoms with Gasteiger partial charge in [-0.25, -0.2) is 0 Å². The van der Waals surface area contributed by atoms with Crippen molar-refractivity contribution in [1.82, 2.24) is 0 Å². The molecule has 0 saturated heterocycles. The first-order chi connectivity index (χ1) is 10.1. The van der Waals surface area contributed by atoms with Crippen molar-refractivity contribution in [3.63, 3.8) is 0 Å². The van der Waals surface area contributed by atoms with Crippen molar-refractivity contribution < 1.29 is 14.8 Å². The van der Waals surface area contributed by atoms with E-state index < -0.39 is 4.92 Å². The zero-order valence-electron chi connectivity index (χ0n) is 11.4. The van der Waals surface area contributed by atoms with E-state index in [9.17, 15) is 10.1 Å². The molecule has 6 heteroatoms. The average Bonchev–Trinajstić information content (AvgIpc) is 2.46. The Morgan fingerprint density at radius 3 is 2.38 bits per heavy atom. The monoisotopic (exact) mass is 288 g/mol. The Labute approximate surface area is 121 Å². The summed E-state index contributed by atoms with van der Waals surface area (Å²) < 4.78 is 5.59. The normalized spacial score (nSPS) is 10.3. The SMILES string of the molecule is Nc1cc(COc2ccc(CCO)cc2)ccc1[N+](=O)[O-]. The predicted molar refractivity (Wildman–Crippen MR) is 79.1 cm³/mol. The number of nitro benzene ring substituents is 1. The van der Waals surface area contributed by atoms with Crippen molar-refractivity contribution in [3.8, 4) is 5.75 Å². The molecule has 0 amide bonds. The molecule has 0 aromatic heterocycles. The largest absolute Gasteiger partial charge is 0.489 e. The molecule has 0 aliphatic rings. The van der Waals surface area contributed by atoms with Gasteiger partial charge in [0, 0.05) is 12.7 Å². The first-order valence-corrected chi connectivity index (χ1v) is 6.45. The van der Waals surface area contributed by atoms with E-state index in [1.807, 2.05) is 24.3 Å². The molecule has 6 nitrogen and oxygen atoms in total. The molecule has 110 valence electrons. The number of nitrogens with two attached hydrogens (primary N) is 1. The van der Waals surface area contributed by atoms with Gasteiger partial charge in [-0.2, -0.15) is 0 Å². The highest BCUT2D eigenvalue weighted by Crippen LogP contribution is 2.23. The van der Waals surface area contributed by atoms with Gasteiger partial charge in [0.05, 0.1) is 4.92 Å². The number of hydrogen-bond acceptors (Lipinski definition) is 5. The number of nitrogens with zero attached hydrogens (tertiary/aromatic N) is 1. The number of nitro groups is 1. The van der Waals surface area contributed by atoms with Gasteiger partial charge in [0.2, 0.25) is 0 Å². The van der Waals surface area contributed by atoms with Crippen LogP contribution in [0.15, 0.2) is 42.5 Å². The van der Waals surface area contributed by atoms with Crippen molar-refractivity contribution >= 4 is 11.4 Å². The van der Waals surface area contributed by atoms with E-state index >= 15 is 0 Å². The molecule has 0 radical (unpaired) electrons. The fraction of sp³-hybridized carbons (Fsp3) is 0.200. The lowest BCUT2D eigenvalue weighted by Gasteiger charge is -2.08. The minimum Gasteiger partial charge on any atom is -0.489 e. The Kier molecular flexibility index (Phi) is 4.73. The number of rotatable bonds is 6. The second-order valence-corrected chi connectivity index (χ2v) is 4.56. The van der Waals surface area contributed by atoms with Gasteiger partial charge in [-0.3, -0.25) is 10.1 Å². The van der Waals surface area contributed by atoms with E-state index in [4.69, 9.17) is 15.6 Å². The smallest absolute Gasteiger partial charge is 0.292 e. The molecule has 0 saturated carbocycles. The molecule has 0 bridgehead atoms. The second kappa shape index (κ2) is 6.71. The molecule has 0 heterocycles. The van der Waals surface area contributed by atoms with Gasteiger partial charge in [0.15, 0.2) is 0 Å². The van der Waals surface area contributed by atoms with Gasteiger partial charge in [-0.15, -0.1) is 0 Å². The Bertz CT molecular complexity index is 626. The number of aliphatic hydroxyl groups excluding tert-OH is 1. The summed E-state index contributed by atoms with van der Waals surface area (Å²) in [4.78, 5) is 10.2. The minimum absolute atomic E-state index is 0.105. The maximum absolute atomic E-state index is 10.7. The quantitative estimate of drug-likeness (QED) is 0.482. The fourth-order valence-electron chi connectivity index (χ4n) is 1.91. The highest BCUT2D eigenvalue weighted by Gasteiger charge is 2.11. The maximum atomic E-state index is 10.7. The number of benzene rings is 2. The zero-order chi connectivity index (χ0) is 15.2. The van der Waals surface area contributed by atoms with Crippen molar-refractivity contribution in [3.05, 3.63) is 63.7 Å². The molecule has 21 heavy (non-hydrogen) atoms. The fourth-order valence-corrected chi connectivity index (χ4v) is 1.91. The lowest BCUT2D eigenvalue weighted by molar-refractivity contribution is -0.383. The number of anilines is 1. The topological polar surface area (TPSA) is 98.6 Å². The summed E-state index contributed by atoms with van der Waals surface area (Å²) in [5, 5.41) is 19.5. The third kappa shape index (κ3) is 3.93. The van der Waals surface area contributed by atoms with Gasteiger partial charge < -0.3 is 15.6 Å². The van der Waals surface area contributed by atoms with Crippen LogP contribution in [0.25, 0.3) is 0 Å². The van der Waals surface area contributed by atoms with Crippen LogP contribution >= 0.6 is 0 Å². The van der Waals surface area contributed by atoms with E-state index in [2.05, 4.69) is 0 Å².